The predicted octanol–water partition coefficient (Wildman–Crippen LogP) is 2.45. The molecule has 2 unspecified atom stereocenters. The van der Waals surface area contributed by atoms with Crippen LogP contribution in [0.25, 0.3) is 0 Å². The Balaban J connectivity index is 1.98. The van der Waals surface area contributed by atoms with Crippen LogP contribution in [0.15, 0.2) is 6.07 Å². The number of halogens is 1. The van der Waals surface area contributed by atoms with Gasteiger partial charge in [0.05, 0.1) is 13.0 Å². The fraction of sp³-hybridized carbons (Fsp3) is 0.562. The van der Waals surface area contributed by atoms with Crippen molar-refractivity contribution < 1.29 is 19.0 Å². The summed E-state index contributed by atoms with van der Waals surface area (Å²) in [6.07, 6.45) is 4.07. The maximum Gasteiger partial charge on any atom is 0.307 e. The first kappa shape index (κ1) is 14.3. The third-order valence-electron chi connectivity index (χ3n) is 4.65. The van der Waals surface area contributed by atoms with Crippen molar-refractivity contribution in [1.29, 1.82) is 0 Å². The van der Waals surface area contributed by atoms with Gasteiger partial charge in [0, 0.05) is 23.7 Å². The highest BCUT2D eigenvalue weighted by atomic mass is 19.1. The van der Waals surface area contributed by atoms with Crippen molar-refractivity contribution in [3.8, 4) is 5.75 Å². The molecule has 0 saturated carbocycles. The van der Waals surface area contributed by atoms with Crippen molar-refractivity contribution in [2.75, 3.05) is 13.7 Å². The van der Waals surface area contributed by atoms with Gasteiger partial charge in [-0.2, -0.15) is 0 Å². The molecule has 1 heterocycles. The summed E-state index contributed by atoms with van der Waals surface area (Å²) in [6.45, 7) is 0.388. The van der Waals surface area contributed by atoms with E-state index in [-0.39, 0.29) is 11.9 Å². The van der Waals surface area contributed by atoms with Crippen LogP contribution in [-0.4, -0.2) is 24.7 Å². The third-order valence-corrected chi connectivity index (χ3v) is 4.65. The molecule has 2 aliphatic rings. The second kappa shape index (κ2) is 5.64. The summed E-state index contributed by atoms with van der Waals surface area (Å²) in [4.78, 5) is 11.1. The second-order valence-electron chi connectivity index (χ2n) is 5.88. The Morgan fingerprint density at radius 3 is 2.71 bits per heavy atom. The number of fused-ring (bicyclic) bond motifs is 1. The lowest BCUT2D eigenvalue weighted by atomic mass is 9.87. The van der Waals surface area contributed by atoms with Crippen LogP contribution < -0.4 is 10.1 Å². The van der Waals surface area contributed by atoms with E-state index in [4.69, 9.17) is 9.84 Å². The van der Waals surface area contributed by atoms with Crippen molar-refractivity contribution in [2.45, 2.75) is 38.1 Å². The minimum atomic E-state index is -0.824. The van der Waals surface area contributed by atoms with Crippen molar-refractivity contribution in [3.05, 3.63) is 28.6 Å². The molecule has 2 N–H and O–H groups in total. The van der Waals surface area contributed by atoms with Gasteiger partial charge in [-0.3, -0.25) is 4.79 Å². The van der Waals surface area contributed by atoms with E-state index in [2.05, 4.69) is 5.32 Å². The molecule has 114 valence electrons. The summed E-state index contributed by atoms with van der Waals surface area (Å²) in [5.74, 6) is -0.706. The number of carboxylic acid groups (broad SMARTS) is 1. The van der Waals surface area contributed by atoms with Gasteiger partial charge in [0.1, 0.15) is 11.6 Å². The van der Waals surface area contributed by atoms with Gasteiger partial charge in [0.15, 0.2) is 0 Å². The van der Waals surface area contributed by atoms with E-state index in [1.807, 2.05) is 0 Å². The van der Waals surface area contributed by atoms with E-state index in [0.29, 0.717) is 18.5 Å². The number of methoxy groups -OCH3 is 1. The number of hydrogen-bond acceptors (Lipinski definition) is 3. The Hall–Kier alpha value is -1.62. The number of aliphatic carboxylic acids is 1. The van der Waals surface area contributed by atoms with Crippen molar-refractivity contribution in [1.82, 2.24) is 5.32 Å². The zero-order valence-corrected chi connectivity index (χ0v) is 12.1. The number of nitrogens with one attached hydrogen (secondary N) is 1. The quantitative estimate of drug-likeness (QED) is 0.898. The van der Waals surface area contributed by atoms with Crippen LogP contribution in [0.5, 0.6) is 5.75 Å². The van der Waals surface area contributed by atoms with E-state index < -0.39 is 11.9 Å². The number of rotatable bonds is 3. The summed E-state index contributed by atoms with van der Waals surface area (Å²) in [7, 11) is 1.61. The maximum absolute atomic E-state index is 14.8. The standard InChI is InChI=1S/C16H20FNO3/c1-21-14-7-12(13-6-9(8-18-13)16(19)20)15(17)11-5-3-2-4-10(11)14/h7,9,13,18H,2-6,8H2,1H3,(H,19,20). The zero-order valence-electron chi connectivity index (χ0n) is 12.1. The summed E-state index contributed by atoms with van der Waals surface area (Å²) >= 11 is 0. The molecule has 3 rings (SSSR count). The minimum Gasteiger partial charge on any atom is -0.496 e. The summed E-state index contributed by atoms with van der Waals surface area (Å²) in [5.41, 5.74) is 2.30. The Bertz CT molecular complexity index is 573. The molecule has 1 aliphatic heterocycles. The van der Waals surface area contributed by atoms with Gasteiger partial charge in [-0.25, -0.2) is 4.39 Å². The first-order valence-electron chi connectivity index (χ1n) is 7.46. The predicted molar refractivity (Wildman–Crippen MR) is 76.1 cm³/mol. The minimum absolute atomic E-state index is 0.172. The summed E-state index contributed by atoms with van der Waals surface area (Å²) in [5, 5.41) is 12.2. The highest BCUT2D eigenvalue weighted by Gasteiger charge is 2.33. The molecule has 0 aromatic heterocycles. The number of carbonyl (C=O) groups is 1. The molecule has 1 aromatic carbocycles. The molecule has 0 bridgehead atoms. The molecule has 1 fully saturated rings. The zero-order chi connectivity index (χ0) is 15.0. The van der Waals surface area contributed by atoms with Crippen LogP contribution >= 0.6 is 0 Å². The van der Waals surface area contributed by atoms with E-state index in [1.54, 1.807) is 13.2 Å². The molecular formula is C16H20FNO3. The average Bonchev–Trinajstić information content (AvgIpc) is 2.98. The van der Waals surface area contributed by atoms with Gasteiger partial charge in [-0.05, 0) is 43.7 Å². The van der Waals surface area contributed by atoms with E-state index in [9.17, 15) is 9.18 Å². The van der Waals surface area contributed by atoms with Crippen LogP contribution in [0.4, 0.5) is 4.39 Å². The Morgan fingerprint density at radius 2 is 2.10 bits per heavy atom. The average molecular weight is 293 g/mol. The maximum atomic E-state index is 14.8. The van der Waals surface area contributed by atoms with E-state index in [1.165, 1.54) is 0 Å². The van der Waals surface area contributed by atoms with Crippen LogP contribution in [0.3, 0.4) is 0 Å². The van der Waals surface area contributed by atoms with Crippen molar-refractivity contribution in [2.24, 2.45) is 5.92 Å². The molecular weight excluding hydrogens is 273 g/mol. The highest BCUT2D eigenvalue weighted by Crippen LogP contribution is 2.38. The van der Waals surface area contributed by atoms with Crippen LogP contribution in [0.2, 0.25) is 0 Å². The van der Waals surface area contributed by atoms with Gasteiger partial charge in [-0.15, -0.1) is 0 Å². The lowest BCUT2D eigenvalue weighted by Crippen LogP contribution is -2.19. The van der Waals surface area contributed by atoms with E-state index in [0.717, 1.165) is 42.6 Å². The molecule has 1 aromatic rings. The van der Waals surface area contributed by atoms with Crippen molar-refractivity contribution in [3.63, 3.8) is 0 Å². The molecule has 0 amide bonds. The van der Waals surface area contributed by atoms with Crippen LogP contribution in [0, 0.1) is 11.7 Å². The topological polar surface area (TPSA) is 58.6 Å². The molecule has 0 radical (unpaired) electrons. The SMILES string of the molecule is COc1cc(C2CC(C(=O)O)CN2)c(F)c2c1CCCC2. The molecule has 21 heavy (non-hydrogen) atoms. The van der Waals surface area contributed by atoms with Crippen molar-refractivity contribution >= 4 is 5.97 Å². The lowest BCUT2D eigenvalue weighted by molar-refractivity contribution is -0.141. The highest BCUT2D eigenvalue weighted by molar-refractivity contribution is 5.71. The van der Waals surface area contributed by atoms with Gasteiger partial charge in [-0.1, -0.05) is 0 Å². The summed E-state index contributed by atoms with van der Waals surface area (Å²) in [6, 6.07) is 1.51. The molecule has 5 heteroatoms. The first-order valence-corrected chi connectivity index (χ1v) is 7.46. The van der Waals surface area contributed by atoms with Gasteiger partial charge in [0.2, 0.25) is 0 Å². The first-order chi connectivity index (χ1) is 10.1. The summed E-state index contributed by atoms with van der Waals surface area (Å²) < 4.78 is 20.2. The smallest absolute Gasteiger partial charge is 0.307 e. The monoisotopic (exact) mass is 293 g/mol. The van der Waals surface area contributed by atoms with Crippen LogP contribution in [0.1, 0.15) is 42.0 Å². The molecule has 0 spiro atoms. The van der Waals surface area contributed by atoms with E-state index >= 15 is 0 Å². The Labute approximate surface area is 123 Å². The third kappa shape index (κ3) is 2.50. The molecule has 1 aliphatic carbocycles. The number of ether oxygens (including phenoxy) is 1. The van der Waals surface area contributed by atoms with Crippen LogP contribution in [-0.2, 0) is 17.6 Å². The largest absolute Gasteiger partial charge is 0.496 e. The molecule has 1 saturated heterocycles. The fourth-order valence-electron chi connectivity index (χ4n) is 3.48. The number of benzene rings is 1. The fourth-order valence-corrected chi connectivity index (χ4v) is 3.48. The second-order valence-corrected chi connectivity index (χ2v) is 5.88. The lowest BCUT2D eigenvalue weighted by Gasteiger charge is -2.23. The normalized spacial score (nSPS) is 24.7. The van der Waals surface area contributed by atoms with Gasteiger partial charge < -0.3 is 15.2 Å². The number of hydrogen-bond donors (Lipinski definition) is 2. The number of carboxylic acids is 1. The molecule has 4 nitrogen and oxygen atoms in total. The Kier molecular flexibility index (Phi) is 3.85. The Morgan fingerprint density at radius 1 is 1.38 bits per heavy atom. The molecule has 2 atom stereocenters. The van der Waals surface area contributed by atoms with Gasteiger partial charge >= 0.3 is 5.97 Å². The van der Waals surface area contributed by atoms with Gasteiger partial charge in [0.25, 0.3) is 0 Å².